The first-order chi connectivity index (χ1) is 9.19. The number of likely N-dealkylation sites (tertiary alicyclic amines) is 1. The van der Waals surface area contributed by atoms with E-state index in [9.17, 15) is 14.4 Å². The van der Waals surface area contributed by atoms with Crippen LogP contribution in [0.5, 0.6) is 0 Å². The van der Waals surface area contributed by atoms with Crippen molar-refractivity contribution in [1.29, 1.82) is 0 Å². The molecule has 0 aromatic carbocycles. The summed E-state index contributed by atoms with van der Waals surface area (Å²) in [6.45, 7) is 5.89. The van der Waals surface area contributed by atoms with Crippen LogP contribution in [0.2, 0.25) is 0 Å². The van der Waals surface area contributed by atoms with E-state index >= 15 is 0 Å². The number of nitrogens with zero attached hydrogens (tertiary/aromatic N) is 1. The summed E-state index contributed by atoms with van der Waals surface area (Å²) < 4.78 is 10.0. The number of primary amides is 1. The number of amides is 2. The summed E-state index contributed by atoms with van der Waals surface area (Å²) in [4.78, 5) is 35.6. The number of esters is 1. The highest BCUT2D eigenvalue weighted by molar-refractivity contribution is 5.80. The second-order valence-electron chi connectivity index (χ2n) is 5.82. The Morgan fingerprint density at radius 1 is 1.20 bits per heavy atom. The van der Waals surface area contributed by atoms with Crippen molar-refractivity contribution in [2.45, 2.75) is 39.2 Å². The highest BCUT2D eigenvalue weighted by Gasteiger charge is 2.30. The van der Waals surface area contributed by atoms with Crippen LogP contribution in [0, 0.1) is 5.92 Å². The summed E-state index contributed by atoms with van der Waals surface area (Å²) in [6, 6.07) is 0. The molecule has 0 saturated carbocycles. The molecule has 0 unspecified atom stereocenters. The van der Waals surface area contributed by atoms with E-state index in [1.165, 1.54) is 0 Å². The molecule has 0 radical (unpaired) electrons. The molecule has 1 fully saturated rings. The molecule has 1 aliphatic heterocycles. The van der Waals surface area contributed by atoms with Crippen molar-refractivity contribution in [3.63, 3.8) is 0 Å². The Hall–Kier alpha value is -1.79. The van der Waals surface area contributed by atoms with Crippen molar-refractivity contribution in [2.75, 3.05) is 19.7 Å². The minimum atomic E-state index is -0.676. The van der Waals surface area contributed by atoms with Crippen LogP contribution in [0.1, 0.15) is 33.6 Å². The third-order valence-electron chi connectivity index (χ3n) is 2.84. The van der Waals surface area contributed by atoms with E-state index in [0.29, 0.717) is 25.9 Å². The Bertz CT molecular complexity index is 381. The molecular weight excluding hydrogens is 264 g/mol. The van der Waals surface area contributed by atoms with Crippen molar-refractivity contribution in [3.05, 3.63) is 0 Å². The quantitative estimate of drug-likeness (QED) is 0.768. The normalized spacial score (nSPS) is 16.6. The predicted octanol–water partition coefficient (Wildman–Crippen LogP) is 0.662. The summed E-state index contributed by atoms with van der Waals surface area (Å²) in [5.74, 6) is -1.41. The predicted molar refractivity (Wildman–Crippen MR) is 70.7 cm³/mol. The third kappa shape index (κ3) is 5.46. The summed E-state index contributed by atoms with van der Waals surface area (Å²) in [5, 5.41) is 0. The van der Waals surface area contributed by atoms with Crippen LogP contribution in [-0.2, 0) is 19.1 Å². The molecule has 0 aliphatic carbocycles. The van der Waals surface area contributed by atoms with Gasteiger partial charge in [0.25, 0.3) is 5.91 Å². The maximum absolute atomic E-state index is 11.8. The molecule has 1 rings (SSSR count). The zero-order valence-corrected chi connectivity index (χ0v) is 12.2. The summed E-state index contributed by atoms with van der Waals surface area (Å²) in [5.41, 5.74) is 4.37. The highest BCUT2D eigenvalue weighted by atomic mass is 16.6. The van der Waals surface area contributed by atoms with Crippen LogP contribution in [-0.4, -0.2) is 48.2 Å². The van der Waals surface area contributed by atoms with Gasteiger partial charge in [-0.05, 0) is 33.6 Å². The third-order valence-corrected chi connectivity index (χ3v) is 2.84. The van der Waals surface area contributed by atoms with Crippen molar-refractivity contribution in [3.8, 4) is 0 Å². The lowest BCUT2D eigenvalue weighted by molar-refractivity contribution is -0.153. The highest BCUT2D eigenvalue weighted by Crippen LogP contribution is 2.20. The van der Waals surface area contributed by atoms with E-state index < -0.39 is 24.1 Å². The van der Waals surface area contributed by atoms with Crippen molar-refractivity contribution in [1.82, 2.24) is 4.90 Å². The molecule has 0 aromatic heterocycles. The SMILES string of the molecule is CC(C)(C)OC(=O)N1CCC(C(=O)OCC(N)=O)CC1. The molecule has 0 aromatic rings. The number of carbonyl (C=O) groups is 3. The van der Waals surface area contributed by atoms with Crippen LogP contribution in [0.3, 0.4) is 0 Å². The van der Waals surface area contributed by atoms with Gasteiger partial charge in [-0.2, -0.15) is 0 Å². The van der Waals surface area contributed by atoms with E-state index in [2.05, 4.69) is 0 Å². The first-order valence-corrected chi connectivity index (χ1v) is 6.62. The number of piperidine rings is 1. The van der Waals surface area contributed by atoms with Crippen LogP contribution < -0.4 is 5.73 Å². The van der Waals surface area contributed by atoms with E-state index in [4.69, 9.17) is 15.2 Å². The number of carbonyl (C=O) groups excluding carboxylic acids is 3. The first-order valence-electron chi connectivity index (χ1n) is 6.62. The zero-order valence-electron chi connectivity index (χ0n) is 12.2. The van der Waals surface area contributed by atoms with Gasteiger partial charge in [0.05, 0.1) is 5.92 Å². The van der Waals surface area contributed by atoms with Crippen LogP contribution >= 0.6 is 0 Å². The maximum Gasteiger partial charge on any atom is 0.410 e. The second-order valence-corrected chi connectivity index (χ2v) is 5.82. The lowest BCUT2D eigenvalue weighted by Gasteiger charge is -2.32. The standard InChI is InChI=1S/C13H22N2O5/c1-13(2,3)20-12(18)15-6-4-9(5-7-15)11(17)19-8-10(14)16/h9H,4-8H2,1-3H3,(H2,14,16). The summed E-state index contributed by atoms with van der Waals surface area (Å²) >= 11 is 0. The number of ether oxygens (including phenoxy) is 2. The fourth-order valence-corrected chi connectivity index (χ4v) is 1.88. The molecule has 0 atom stereocenters. The van der Waals surface area contributed by atoms with Gasteiger partial charge in [-0.25, -0.2) is 4.79 Å². The van der Waals surface area contributed by atoms with Crippen molar-refractivity contribution >= 4 is 18.0 Å². The van der Waals surface area contributed by atoms with E-state index in [1.54, 1.807) is 25.7 Å². The summed E-state index contributed by atoms with van der Waals surface area (Å²) in [7, 11) is 0. The fraction of sp³-hybridized carbons (Fsp3) is 0.769. The molecule has 2 N–H and O–H groups in total. The Kier molecular flexibility index (Phi) is 5.35. The van der Waals surface area contributed by atoms with E-state index in [1.807, 2.05) is 0 Å². The van der Waals surface area contributed by atoms with Gasteiger partial charge < -0.3 is 20.1 Å². The molecule has 1 aliphatic rings. The Morgan fingerprint density at radius 2 is 1.75 bits per heavy atom. The van der Waals surface area contributed by atoms with Crippen LogP contribution in [0.15, 0.2) is 0 Å². The minimum Gasteiger partial charge on any atom is -0.455 e. The molecule has 1 heterocycles. The van der Waals surface area contributed by atoms with Gasteiger partial charge in [0.2, 0.25) is 0 Å². The second kappa shape index (κ2) is 6.58. The van der Waals surface area contributed by atoms with Crippen molar-refractivity contribution in [2.24, 2.45) is 11.7 Å². The fourth-order valence-electron chi connectivity index (χ4n) is 1.88. The molecule has 114 valence electrons. The number of hydrogen-bond donors (Lipinski definition) is 1. The Labute approximate surface area is 118 Å². The molecule has 7 heteroatoms. The van der Waals surface area contributed by atoms with Crippen LogP contribution in [0.4, 0.5) is 4.79 Å². The Morgan fingerprint density at radius 3 is 2.20 bits per heavy atom. The maximum atomic E-state index is 11.8. The molecule has 1 saturated heterocycles. The van der Waals surface area contributed by atoms with Gasteiger partial charge in [-0.1, -0.05) is 0 Å². The molecule has 20 heavy (non-hydrogen) atoms. The van der Waals surface area contributed by atoms with Gasteiger partial charge >= 0.3 is 12.1 Å². The average molecular weight is 286 g/mol. The summed E-state index contributed by atoms with van der Waals surface area (Å²) in [6.07, 6.45) is 0.620. The van der Waals surface area contributed by atoms with Gasteiger partial charge in [0.15, 0.2) is 6.61 Å². The zero-order chi connectivity index (χ0) is 15.3. The number of nitrogens with two attached hydrogens (primary N) is 1. The van der Waals surface area contributed by atoms with Gasteiger partial charge in [0, 0.05) is 13.1 Å². The monoisotopic (exact) mass is 286 g/mol. The molecule has 2 amide bonds. The first kappa shape index (κ1) is 16.3. The lowest BCUT2D eigenvalue weighted by Crippen LogP contribution is -2.43. The van der Waals surface area contributed by atoms with Gasteiger partial charge in [-0.3, -0.25) is 9.59 Å². The van der Waals surface area contributed by atoms with Crippen molar-refractivity contribution < 1.29 is 23.9 Å². The molecule has 7 nitrogen and oxygen atoms in total. The van der Waals surface area contributed by atoms with Gasteiger partial charge in [-0.15, -0.1) is 0 Å². The van der Waals surface area contributed by atoms with E-state index in [0.717, 1.165) is 0 Å². The molecule has 0 bridgehead atoms. The Balaban J connectivity index is 2.38. The average Bonchev–Trinajstić information content (AvgIpc) is 2.34. The largest absolute Gasteiger partial charge is 0.455 e. The smallest absolute Gasteiger partial charge is 0.410 e. The number of rotatable bonds is 3. The minimum absolute atomic E-state index is 0.298. The number of hydrogen-bond acceptors (Lipinski definition) is 5. The topological polar surface area (TPSA) is 98.9 Å². The molecule has 0 spiro atoms. The molecular formula is C13H22N2O5. The lowest BCUT2D eigenvalue weighted by atomic mass is 9.97. The van der Waals surface area contributed by atoms with Crippen LogP contribution in [0.25, 0.3) is 0 Å². The van der Waals surface area contributed by atoms with E-state index in [-0.39, 0.29) is 12.0 Å². The van der Waals surface area contributed by atoms with Gasteiger partial charge in [0.1, 0.15) is 5.60 Å².